The van der Waals surface area contributed by atoms with Crippen LogP contribution in [-0.2, 0) is 0 Å². The highest BCUT2D eigenvalue weighted by molar-refractivity contribution is 9.10. The van der Waals surface area contributed by atoms with E-state index in [0.29, 0.717) is 11.5 Å². The highest BCUT2D eigenvalue weighted by Crippen LogP contribution is 2.41. The van der Waals surface area contributed by atoms with E-state index >= 15 is 0 Å². The molecule has 1 aliphatic rings. The highest BCUT2D eigenvalue weighted by atomic mass is 79.9. The second kappa shape index (κ2) is 6.16. The standard InChI is InChI=1S/C16H14BrClN2O/c17-12-8-13(15(18)19-9-12)16(21)20-14(11-6-7-11)10-4-2-1-3-5-10/h1-5,8-9,11,14H,6-7H2,(H,20,21). The number of carbonyl (C=O) groups excluding carboxylic acids is 1. The number of benzene rings is 1. The number of nitrogens with one attached hydrogen (secondary N) is 1. The molecule has 1 amide bonds. The summed E-state index contributed by atoms with van der Waals surface area (Å²) < 4.78 is 0.736. The summed E-state index contributed by atoms with van der Waals surface area (Å²) in [5.74, 6) is 0.324. The van der Waals surface area contributed by atoms with Gasteiger partial charge in [0.15, 0.2) is 0 Å². The average Bonchev–Trinajstić information content (AvgIpc) is 3.32. The predicted octanol–water partition coefficient (Wildman–Crippen LogP) is 4.38. The van der Waals surface area contributed by atoms with Crippen molar-refractivity contribution in [3.63, 3.8) is 0 Å². The molecule has 1 N–H and O–H groups in total. The number of nitrogens with zero attached hydrogens (tertiary/aromatic N) is 1. The molecule has 1 aromatic carbocycles. The number of pyridine rings is 1. The van der Waals surface area contributed by atoms with E-state index in [0.717, 1.165) is 22.9 Å². The first kappa shape index (κ1) is 14.5. The first-order valence-corrected chi connectivity index (χ1v) is 7.99. The van der Waals surface area contributed by atoms with Crippen LogP contribution in [0.2, 0.25) is 5.15 Å². The number of rotatable bonds is 4. The first-order valence-electron chi connectivity index (χ1n) is 6.82. The molecular formula is C16H14BrClN2O. The second-order valence-corrected chi connectivity index (χ2v) is 6.46. The smallest absolute Gasteiger partial charge is 0.254 e. The molecule has 0 aliphatic heterocycles. The molecule has 1 atom stereocenters. The molecule has 108 valence electrons. The van der Waals surface area contributed by atoms with Crippen LogP contribution in [-0.4, -0.2) is 10.9 Å². The van der Waals surface area contributed by atoms with Crippen LogP contribution < -0.4 is 5.32 Å². The van der Waals surface area contributed by atoms with Gasteiger partial charge >= 0.3 is 0 Å². The Morgan fingerprint density at radius 2 is 2.05 bits per heavy atom. The minimum Gasteiger partial charge on any atom is -0.345 e. The SMILES string of the molecule is O=C(NC(c1ccccc1)C1CC1)c1cc(Br)cnc1Cl. The summed E-state index contributed by atoms with van der Waals surface area (Å²) in [5.41, 5.74) is 1.53. The number of hydrogen-bond donors (Lipinski definition) is 1. The Hall–Kier alpha value is -1.39. The summed E-state index contributed by atoms with van der Waals surface area (Å²) >= 11 is 9.34. The molecule has 1 saturated carbocycles. The zero-order chi connectivity index (χ0) is 14.8. The van der Waals surface area contributed by atoms with Gasteiger partial charge in [0.1, 0.15) is 5.15 Å². The molecule has 1 unspecified atom stereocenters. The summed E-state index contributed by atoms with van der Waals surface area (Å²) in [6.45, 7) is 0. The van der Waals surface area contributed by atoms with Crippen molar-refractivity contribution in [3.05, 3.63) is 63.3 Å². The second-order valence-electron chi connectivity index (χ2n) is 5.19. The third-order valence-corrected chi connectivity index (χ3v) is 4.32. The lowest BCUT2D eigenvalue weighted by Crippen LogP contribution is -2.30. The quantitative estimate of drug-likeness (QED) is 0.817. The third kappa shape index (κ3) is 3.44. The van der Waals surface area contributed by atoms with Gasteiger partial charge in [0, 0.05) is 10.7 Å². The molecule has 1 aromatic heterocycles. The van der Waals surface area contributed by atoms with Gasteiger partial charge in [-0.3, -0.25) is 4.79 Å². The van der Waals surface area contributed by atoms with Crippen LogP contribution in [0.5, 0.6) is 0 Å². The van der Waals surface area contributed by atoms with Crippen molar-refractivity contribution in [1.29, 1.82) is 0 Å². The van der Waals surface area contributed by atoms with Crippen LogP contribution in [0.3, 0.4) is 0 Å². The number of halogens is 2. The van der Waals surface area contributed by atoms with Crippen LogP contribution in [0.4, 0.5) is 0 Å². The molecule has 1 heterocycles. The summed E-state index contributed by atoms with van der Waals surface area (Å²) in [7, 11) is 0. The Morgan fingerprint density at radius 3 is 2.71 bits per heavy atom. The maximum atomic E-state index is 12.5. The van der Waals surface area contributed by atoms with Gasteiger partial charge in [-0.05, 0) is 46.3 Å². The molecule has 0 saturated heterocycles. The topological polar surface area (TPSA) is 42.0 Å². The fourth-order valence-electron chi connectivity index (χ4n) is 2.36. The van der Waals surface area contributed by atoms with Crippen molar-refractivity contribution >= 4 is 33.4 Å². The van der Waals surface area contributed by atoms with Gasteiger partial charge in [0.05, 0.1) is 11.6 Å². The minimum absolute atomic E-state index is 0.0359. The fourth-order valence-corrected chi connectivity index (χ4v) is 2.88. The molecule has 3 nitrogen and oxygen atoms in total. The van der Waals surface area contributed by atoms with Crippen molar-refractivity contribution in [2.75, 3.05) is 0 Å². The molecule has 0 bridgehead atoms. The highest BCUT2D eigenvalue weighted by Gasteiger charge is 2.33. The molecular weight excluding hydrogens is 352 g/mol. The number of carbonyl (C=O) groups is 1. The zero-order valence-corrected chi connectivity index (χ0v) is 13.6. The van der Waals surface area contributed by atoms with Gasteiger partial charge < -0.3 is 5.32 Å². The largest absolute Gasteiger partial charge is 0.345 e. The maximum Gasteiger partial charge on any atom is 0.254 e. The van der Waals surface area contributed by atoms with Gasteiger partial charge in [-0.25, -0.2) is 4.98 Å². The summed E-state index contributed by atoms with van der Waals surface area (Å²) in [6, 6.07) is 11.8. The molecule has 1 fully saturated rings. The van der Waals surface area contributed by atoms with E-state index in [-0.39, 0.29) is 17.1 Å². The molecule has 5 heteroatoms. The Morgan fingerprint density at radius 1 is 1.33 bits per heavy atom. The third-order valence-electron chi connectivity index (χ3n) is 3.59. The van der Waals surface area contributed by atoms with Crippen LogP contribution in [0.25, 0.3) is 0 Å². The predicted molar refractivity (Wildman–Crippen MR) is 86.3 cm³/mol. The normalized spacial score (nSPS) is 15.5. The van der Waals surface area contributed by atoms with Gasteiger partial charge in [0.2, 0.25) is 0 Å². The number of hydrogen-bond acceptors (Lipinski definition) is 2. The fraction of sp³-hybridized carbons (Fsp3) is 0.250. The molecule has 0 radical (unpaired) electrons. The molecule has 2 aromatic rings. The van der Waals surface area contributed by atoms with Crippen molar-refractivity contribution < 1.29 is 4.79 Å². The molecule has 3 rings (SSSR count). The lowest BCUT2D eigenvalue weighted by molar-refractivity contribution is 0.0931. The van der Waals surface area contributed by atoms with E-state index in [1.54, 1.807) is 12.3 Å². The first-order chi connectivity index (χ1) is 10.1. The van der Waals surface area contributed by atoms with E-state index in [1.165, 1.54) is 0 Å². The lowest BCUT2D eigenvalue weighted by Gasteiger charge is -2.19. The average molecular weight is 366 g/mol. The Labute approximate surface area is 136 Å². The Balaban J connectivity index is 1.83. The van der Waals surface area contributed by atoms with Crippen LogP contribution in [0, 0.1) is 5.92 Å². The summed E-state index contributed by atoms with van der Waals surface area (Å²) in [5, 5.41) is 3.32. The monoisotopic (exact) mass is 364 g/mol. The molecule has 21 heavy (non-hydrogen) atoms. The number of amides is 1. The minimum atomic E-state index is -0.186. The van der Waals surface area contributed by atoms with Gasteiger partial charge in [-0.2, -0.15) is 0 Å². The Bertz CT molecular complexity index is 659. The summed E-state index contributed by atoms with van der Waals surface area (Å²) in [4.78, 5) is 16.5. The summed E-state index contributed by atoms with van der Waals surface area (Å²) in [6.07, 6.45) is 3.86. The van der Waals surface area contributed by atoms with E-state index in [2.05, 4.69) is 26.2 Å². The zero-order valence-electron chi connectivity index (χ0n) is 11.2. The van der Waals surface area contributed by atoms with Gasteiger partial charge in [-0.15, -0.1) is 0 Å². The van der Waals surface area contributed by atoms with E-state index in [1.807, 2.05) is 30.3 Å². The van der Waals surface area contributed by atoms with Crippen molar-refractivity contribution in [2.45, 2.75) is 18.9 Å². The van der Waals surface area contributed by atoms with Crippen molar-refractivity contribution in [1.82, 2.24) is 10.3 Å². The van der Waals surface area contributed by atoms with Gasteiger partial charge in [-0.1, -0.05) is 41.9 Å². The maximum absolute atomic E-state index is 12.5. The number of aromatic nitrogens is 1. The lowest BCUT2D eigenvalue weighted by atomic mass is 10.0. The van der Waals surface area contributed by atoms with Crippen LogP contribution in [0.1, 0.15) is 34.8 Å². The van der Waals surface area contributed by atoms with Crippen molar-refractivity contribution in [3.8, 4) is 0 Å². The molecule has 0 spiro atoms. The Kier molecular flexibility index (Phi) is 4.27. The van der Waals surface area contributed by atoms with Crippen LogP contribution in [0.15, 0.2) is 47.1 Å². The van der Waals surface area contributed by atoms with E-state index < -0.39 is 0 Å². The van der Waals surface area contributed by atoms with Crippen molar-refractivity contribution in [2.24, 2.45) is 5.92 Å². The van der Waals surface area contributed by atoms with Gasteiger partial charge in [0.25, 0.3) is 5.91 Å². The molecule has 1 aliphatic carbocycles. The van der Waals surface area contributed by atoms with E-state index in [4.69, 9.17) is 11.6 Å². The van der Waals surface area contributed by atoms with E-state index in [9.17, 15) is 4.79 Å². The van der Waals surface area contributed by atoms with Crippen LogP contribution >= 0.6 is 27.5 Å².